The molecule has 4 heterocycles. The van der Waals surface area contributed by atoms with Crippen LogP contribution in [0.25, 0.3) is 43.5 Å². The fourth-order valence-electron chi connectivity index (χ4n) is 13.9. The van der Waals surface area contributed by atoms with Gasteiger partial charge in [-0.2, -0.15) is 0 Å². The molecular weight excluding hydrogens is 1550 g/mol. The quantitative estimate of drug-likeness (QED) is 0.0215. The summed E-state index contributed by atoms with van der Waals surface area (Å²) in [5, 5.41) is 56.2. The van der Waals surface area contributed by atoms with Crippen molar-refractivity contribution in [3.8, 4) is 0 Å². The summed E-state index contributed by atoms with van der Waals surface area (Å²) >= 11 is 0.858. The predicted octanol–water partition coefficient (Wildman–Crippen LogP) is -1.19. The zero-order chi connectivity index (χ0) is 86.0. The lowest BCUT2D eigenvalue weighted by Crippen LogP contribution is -2.62. The van der Waals surface area contributed by atoms with Crippen molar-refractivity contribution in [2.45, 2.75) is 158 Å². The van der Waals surface area contributed by atoms with Crippen molar-refractivity contribution >= 4 is 144 Å². The molecule has 8 aromatic rings. The van der Waals surface area contributed by atoms with Crippen LogP contribution in [0.2, 0.25) is 0 Å². The third-order valence-corrected chi connectivity index (χ3v) is 21.3. The number of primary amides is 2. The largest absolute Gasteiger partial charge is 0.394 e. The van der Waals surface area contributed by atoms with Gasteiger partial charge in [0, 0.05) is 89.3 Å². The number of para-hydroxylation sites is 3. The van der Waals surface area contributed by atoms with Gasteiger partial charge >= 0.3 is 0 Å². The molecular formula is C82H105N21O15S. The van der Waals surface area contributed by atoms with Crippen LogP contribution in [0, 0.1) is 17.2 Å². The van der Waals surface area contributed by atoms with Crippen LogP contribution >= 0.6 is 11.8 Å². The van der Waals surface area contributed by atoms with Crippen molar-refractivity contribution in [1.29, 1.82) is 5.41 Å². The second kappa shape index (κ2) is 43.3. The average Bonchev–Trinajstić information content (AvgIpc) is 1.72. The number of benzene rings is 5. The number of guanidine groups is 1. The molecule has 1 saturated heterocycles. The van der Waals surface area contributed by atoms with Gasteiger partial charge in [0.15, 0.2) is 5.96 Å². The predicted molar refractivity (Wildman–Crippen MR) is 447 cm³/mol. The van der Waals surface area contributed by atoms with Crippen LogP contribution in [0.5, 0.6) is 0 Å². The minimum absolute atomic E-state index is 0.0141. The fourth-order valence-corrected chi connectivity index (χ4v) is 14.7. The van der Waals surface area contributed by atoms with Gasteiger partial charge in [-0.1, -0.05) is 125 Å². The Bertz CT molecular complexity index is 5010. The summed E-state index contributed by atoms with van der Waals surface area (Å²) in [5.74, 6) is -16.3. The van der Waals surface area contributed by atoms with E-state index in [9.17, 15) is 53.1 Å². The Morgan fingerprint density at radius 3 is 1.37 bits per heavy atom. The lowest BCUT2D eigenvalue weighted by atomic mass is 9.98. The molecule has 36 nitrogen and oxygen atoms in total. The van der Waals surface area contributed by atoms with E-state index in [1.807, 2.05) is 36.4 Å². The zero-order valence-corrected chi connectivity index (χ0v) is 67.2. The van der Waals surface area contributed by atoms with E-state index < -0.39 is 192 Å². The number of hydrogen-bond acceptors (Lipinski definition) is 18. The Labute approximate surface area is 689 Å². The monoisotopic (exact) mass is 1660 g/mol. The van der Waals surface area contributed by atoms with E-state index in [-0.39, 0.29) is 70.2 Å². The van der Waals surface area contributed by atoms with Crippen molar-refractivity contribution in [3.05, 3.63) is 156 Å². The Kier molecular flexibility index (Phi) is 32.8. The number of unbranched alkanes of at least 4 members (excludes halogenated alkanes) is 1. The van der Waals surface area contributed by atoms with Crippen LogP contribution in [-0.4, -0.2) is 213 Å². The van der Waals surface area contributed by atoms with Crippen molar-refractivity contribution < 1.29 is 72.2 Å². The highest BCUT2D eigenvalue weighted by molar-refractivity contribution is 8.00. The number of thioether (sulfide) groups is 1. The molecule has 119 heavy (non-hydrogen) atoms. The molecule has 1 fully saturated rings. The number of aromatic nitrogens is 3. The first kappa shape index (κ1) is 90.0. The van der Waals surface area contributed by atoms with Gasteiger partial charge in [-0.25, -0.2) is 0 Å². The SMILES string of the molecule is CC(C)[C@@H]1NC(=O)[C@H](Cc2c[nH]c3ccccc23)NC(=O)[C@H](CCCCN)NC(=O)[C@H](C(C)C)NC(=O)[C@H](Cc2c[nH]c3ccccc23)NC(=O)[C@H](CC(N)=O)NC(=O)[C@H](CCCNC(=N)N)NC(=O)CNC(=O)[C@H](CO)NC(=O)[C@H](Cc2c[nH]c3ccccc23)NC(=O)[C@H](Cc2ccc3ccccc3c2)NC(=O)CSC[C@@H](C(N)=O)NC1=O. The molecule has 0 bridgehead atoms. The second-order valence-electron chi connectivity index (χ2n) is 30.0. The van der Waals surface area contributed by atoms with Crippen molar-refractivity contribution in [1.82, 2.24) is 84.1 Å². The summed E-state index contributed by atoms with van der Waals surface area (Å²) in [6.07, 6.45) is 3.44. The maximum absolute atomic E-state index is 15.1. The van der Waals surface area contributed by atoms with Gasteiger partial charge in [-0.3, -0.25) is 72.5 Å². The van der Waals surface area contributed by atoms with Gasteiger partial charge in [-0.15, -0.1) is 11.8 Å². The van der Waals surface area contributed by atoms with E-state index in [1.165, 1.54) is 0 Å². The number of carbonyl (C=O) groups is 14. The molecule has 0 radical (unpaired) electrons. The topological polar surface area (TPSA) is 591 Å². The maximum Gasteiger partial charge on any atom is 0.245 e. The first-order chi connectivity index (χ1) is 57.0. The van der Waals surface area contributed by atoms with E-state index in [0.717, 1.165) is 22.5 Å². The molecule has 0 aliphatic carbocycles. The Balaban J connectivity index is 1.07. The summed E-state index contributed by atoms with van der Waals surface area (Å²) in [4.78, 5) is 212. The maximum atomic E-state index is 15.1. The number of nitrogens with two attached hydrogens (primary N) is 4. The van der Waals surface area contributed by atoms with Crippen LogP contribution in [0.3, 0.4) is 0 Å². The molecule has 37 heteroatoms. The number of aliphatic hydroxyl groups is 1. The third-order valence-electron chi connectivity index (χ3n) is 20.3. The van der Waals surface area contributed by atoms with E-state index in [4.69, 9.17) is 28.3 Å². The van der Waals surface area contributed by atoms with Crippen LogP contribution in [0.15, 0.2) is 134 Å². The summed E-state index contributed by atoms with van der Waals surface area (Å²) in [7, 11) is 0. The van der Waals surface area contributed by atoms with Gasteiger partial charge in [-0.05, 0) is 102 Å². The summed E-state index contributed by atoms with van der Waals surface area (Å²) in [6.45, 7) is 4.62. The van der Waals surface area contributed by atoms with Crippen molar-refractivity contribution in [3.63, 3.8) is 0 Å². The van der Waals surface area contributed by atoms with E-state index in [0.29, 0.717) is 61.4 Å². The summed E-state index contributed by atoms with van der Waals surface area (Å²) in [6, 6.07) is 16.8. The Morgan fingerprint density at radius 1 is 0.462 bits per heavy atom. The molecule has 14 amide bonds. The van der Waals surface area contributed by atoms with Crippen molar-refractivity contribution in [2.24, 2.45) is 34.8 Å². The minimum atomic E-state index is -1.88. The third kappa shape index (κ3) is 25.8. The number of carbonyl (C=O) groups excluding carboxylic acids is 14. The zero-order valence-electron chi connectivity index (χ0n) is 66.4. The number of nitrogens with one attached hydrogen (secondary N) is 17. The first-order valence-electron chi connectivity index (χ1n) is 39.2. The highest BCUT2D eigenvalue weighted by atomic mass is 32.2. The van der Waals surface area contributed by atoms with Crippen LogP contribution in [0.4, 0.5) is 0 Å². The second-order valence-corrected chi connectivity index (χ2v) is 31.0. The van der Waals surface area contributed by atoms with Gasteiger partial charge in [0.2, 0.25) is 82.7 Å². The minimum Gasteiger partial charge on any atom is -0.394 e. The molecule has 1 aliphatic heterocycles. The molecule has 5 aromatic carbocycles. The van der Waals surface area contributed by atoms with Crippen molar-refractivity contribution in [2.75, 3.05) is 37.7 Å². The molecule has 3 aromatic heterocycles. The number of H-pyrrole nitrogens is 3. The Hall–Kier alpha value is -12.9. The lowest BCUT2D eigenvalue weighted by Gasteiger charge is -2.29. The van der Waals surface area contributed by atoms with E-state index in [1.54, 1.807) is 125 Å². The molecule has 0 unspecified atom stereocenters. The fraction of sp³-hybridized carbons (Fsp3) is 0.402. The van der Waals surface area contributed by atoms with Gasteiger partial charge in [0.05, 0.1) is 25.3 Å². The van der Waals surface area contributed by atoms with Gasteiger partial charge in [0.1, 0.15) is 66.5 Å². The summed E-state index contributed by atoms with van der Waals surface area (Å²) in [5.41, 5.74) is 27.3. The highest BCUT2D eigenvalue weighted by Gasteiger charge is 2.39. The normalized spacial score (nSPS) is 22.3. The van der Waals surface area contributed by atoms with Gasteiger partial charge < -0.3 is 112 Å². The number of aromatic amines is 3. The molecule has 0 spiro atoms. The first-order valence-corrected chi connectivity index (χ1v) is 40.4. The molecule has 9 rings (SSSR count). The number of fused-ring (bicyclic) bond motifs is 4. The number of aliphatic hydroxyl groups excluding tert-OH is 1. The van der Waals surface area contributed by atoms with Gasteiger partial charge in [0.25, 0.3) is 0 Å². The number of amides is 14. The molecule has 11 atom stereocenters. The molecule has 634 valence electrons. The van der Waals surface area contributed by atoms with Crippen LogP contribution in [-0.2, 0) is 92.8 Å². The van der Waals surface area contributed by atoms with Crippen LogP contribution < -0.4 is 92.1 Å². The standard InChI is InChI=1S/C82H105N21O15S/c1-43(2)69-80(117)95-58(24-13-14-28-83)74(111)96-61(33-49-37-90-55-22-11-8-19-52(49)55)78(115)103-70(44(3)4)81(118)101-65(71(85)108)41-119-42-68(107)94-59(31-45-26-27-46-16-5-6-17-47(46)30-45)75(112)97-60(32-48-36-89-54-21-10-7-18-51(48)54)76(113)100-64(40-104)72(109)92-39-67(106)93-57(25-15-29-88-82(86)87)73(110)99-63(35-66(84)105)77(114)98-62(79(116)102-69)34-50-38-91-56-23-12-9-20-53(50)56/h5-12,16-23,26-27,30,36-38,43-44,57-65,69-70,89-91,104H,13-15,24-25,28-29,31-35,39-42,83H2,1-4H3,(H2,84,105)(H2,85,108)(H,92,109)(H,93,106)(H,94,107)(H,95,117)(H,96,111)(H,97,112)(H,98,114)(H,99,110)(H,100,113)(H,101,118)(H,102,116)(H,103,115)(H4,86,87,88)/t57-,58-,59-,60-,61-,62-,63-,64-,65-,69-,70-/m0/s1. The number of rotatable bonds is 22. The highest BCUT2D eigenvalue weighted by Crippen LogP contribution is 2.25. The van der Waals surface area contributed by atoms with Crippen LogP contribution in [0.1, 0.15) is 88.5 Å². The molecule has 26 N–H and O–H groups in total. The number of hydrogen-bond donors (Lipinski definition) is 22. The Morgan fingerprint density at radius 2 is 0.882 bits per heavy atom. The smallest absolute Gasteiger partial charge is 0.245 e. The molecule has 0 saturated carbocycles. The molecule has 1 aliphatic rings. The van der Waals surface area contributed by atoms with E-state index >= 15 is 19.2 Å². The van der Waals surface area contributed by atoms with E-state index in [2.05, 4.69) is 84.1 Å². The summed E-state index contributed by atoms with van der Waals surface area (Å²) < 4.78 is 0. The average molecular weight is 1660 g/mol. The lowest BCUT2D eigenvalue weighted by molar-refractivity contribution is -0.137.